The number of nitrogens with zero attached hydrogens (tertiary/aromatic N) is 1. The van der Waals surface area contributed by atoms with Crippen LogP contribution in [0.2, 0.25) is 0 Å². The Balaban J connectivity index is 2.01. The van der Waals surface area contributed by atoms with Crippen LogP contribution in [0.15, 0.2) is 53.4 Å². The Morgan fingerprint density at radius 3 is 2.00 bits per heavy atom. The number of sulfonamides is 1. The number of aliphatic hydroxyl groups excluding tert-OH is 1. The van der Waals surface area contributed by atoms with E-state index in [0.29, 0.717) is 31.1 Å². The molecule has 0 amide bonds. The van der Waals surface area contributed by atoms with Crippen molar-refractivity contribution in [3.05, 3.63) is 54.1 Å². The molecule has 41 heavy (non-hydrogen) atoms. The van der Waals surface area contributed by atoms with Crippen molar-refractivity contribution in [3.63, 3.8) is 0 Å². The Hall–Kier alpha value is -1.98. The van der Waals surface area contributed by atoms with Crippen LogP contribution in [-0.2, 0) is 30.1 Å². The number of anilines is 1. The second-order valence-corrected chi connectivity index (χ2v) is 14.6. The number of aliphatic hydroxyl groups is 1. The number of nitrogens with two attached hydrogens (primary N) is 2. The molecule has 2 aromatic carbocycles. The third-order valence-electron chi connectivity index (χ3n) is 6.33. The molecule has 2 aromatic rings. The molecule has 0 aromatic heterocycles. The Bertz CT molecular complexity index is 1160. The summed E-state index contributed by atoms with van der Waals surface area (Å²) in [5, 5.41) is 10.9. The van der Waals surface area contributed by atoms with Crippen molar-refractivity contribution in [2.45, 2.75) is 76.8 Å². The van der Waals surface area contributed by atoms with Gasteiger partial charge in [-0.15, -0.1) is 0 Å². The summed E-state index contributed by atoms with van der Waals surface area (Å²) in [5.74, 6) is 0.540. The minimum absolute atomic E-state index is 0.0407. The van der Waals surface area contributed by atoms with Gasteiger partial charge >= 0.3 is 7.60 Å². The van der Waals surface area contributed by atoms with Crippen LogP contribution in [0.1, 0.15) is 58.9 Å². The highest BCUT2D eigenvalue weighted by molar-refractivity contribution is 7.89. The summed E-state index contributed by atoms with van der Waals surface area (Å²) in [4.78, 5) is 0.111. The Morgan fingerprint density at radius 2 is 1.49 bits per heavy atom. The minimum atomic E-state index is -3.85. The van der Waals surface area contributed by atoms with Crippen LogP contribution in [0.25, 0.3) is 0 Å². The molecule has 0 unspecified atom stereocenters. The fraction of sp³-hybridized carbons (Fsp3) is 0.586. The molecule has 2 atom stereocenters. The van der Waals surface area contributed by atoms with Crippen molar-refractivity contribution in [2.75, 3.05) is 38.4 Å². The number of benzene rings is 2. The first kappa shape index (κ1) is 35.2. The van der Waals surface area contributed by atoms with E-state index in [2.05, 4.69) is 0 Å². The maximum Gasteiger partial charge on any atom is 0.367 e. The van der Waals surface area contributed by atoms with Crippen LogP contribution in [0, 0.1) is 5.92 Å². The van der Waals surface area contributed by atoms with Gasteiger partial charge in [0.15, 0.2) is 6.35 Å². The van der Waals surface area contributed by atoms with Gasteiger partial charge in [-0.1, -0.05) is 52.7 Å². The molecule has 0 spiro atoms. The molecule has 12 heteroatoms. The first-order valence-corrected chi connectivity index (χ1v) is 17.5. The van der Waals surface area contributed by atoms with Crippen LogP contribution >= 0.6 is 7.60 Å². The summed E-state index contributed by atoms with van der Waals surface area (Å²) in [7, 11) is -7.24. The Labute approximate surface area is 245 Å². The van der Waals surface area contributed by atoms with E-state index in [9.17, 15) is 18.1 Å². The first-order valence-electron chi connectivity index (χ1n) is 14.3. The van der Waals surface area contributed by atoms with Crippen molar-refractivity contribution in [1.29, 1.82) is 0 Å². The third kappa shape index (κ3) is 12.0. The predicted molar refractivity (Wildman–Crippen MR) is 163 cm³/mol. The van der Waals surface area contributed by atoms with Gasteiger partial charge in [-0.2, -0.15) is 4.31 Å². The predicted octanol–water partition coefficient (Wildman–Crippen LogP) is 5.01. The van der Waals surface area contributed by atoms with Crippen molar-refractivity contribution in [1.82, 2.24) is 4.31 Å². The molecule has 0 aliphatic heterocycles. The second kappa shape index (κ2) is 17.2. The highest BCUT2D eigenvalue weighted by Gasteiger charge is 2.30. The number of hydrogen-bond donors (Lipinski definition) is 3. The lowest BCUT2D eigenvalue weighted by Crippen LogP contribution is -2.47. The van der Waals surface area contributed by atoms with Crippen molar-refractivity contribution in [2.24, 2.45) is 11.7 Å². The Morgan fingerprint density at radius 1 is 0.927 bits per heavy atom. The lowest BCUT2D eigenvalue weighted by Gasteiger charge is -2.28. The van der Waals surface area contributed by atoms with Gasteiger partial charge in [-0.05, 0) is 67.1 Å². The monoisotopic (exact) mass is 613 g/mol. The molecule has 0 fully saturated rings. The van der Waals surface area contributed by atoms with Crippen LogP contribution < -0.4 is 16.2 Å². The molecule has 0 radical (unpaired) electrons. The van der Waals surface area contributed by atoms with Gasteiger partial charge in [0, 0.05) is 24.8 Å². The van der Waals surface area contributed by atoms with Crippen LogP contribution in [0.3, 0.4) is 0 Å². The van der Waals surface area contributed by atoms with E-state index in [1.165, 1.54) is 28.6 Å². The number of nitrogen functional groups attached to an aromatic ring is 1. The molecule has 10 nitrogen and oxygen atoms in total. The number of hydrogen-bond acceptors (Lipinski definition) is 9. The van der Waals surface area contributed by atoms with Crippen molar-refractivity contribution >= 4 is 23.3 Å². The summed E-state index contributed by atoms with van der Waals surface area (Å²) in [6.45, 7) is 8.66. The SMILES string of the molecule is CCCCOP(=O)(COc1ccc(C[C@H](N)[C@H](O)CN(CC(C)C)S(=O)(=O)c2ccc(N)cc2)cc1)OCCCC. The van der Waals surface area contributed by atoms with Gasteiger partial charge in [0.25, 0.3) is 0 Å². The molecule has 232 valence electrons. The van der Waals surface area contributed by atoms with E-state index in [0.717, 1.165) is 31.2 Å². The van der Waals surface area contributed by atoms with Gasteiger partial charge in [0.05, 0.1) is 24.2 Å². The van der Waals surface area contributed by atoms with Crippen LogP contribution in [-0.4, -0.2) is 62.6 Å². The standard InChI is InChI=1S/C29H48N3O7PS/c1-5-7-17-38-40(34,39-18-8-6-2)22-37-26-13-9-24(10-14-26)19-28(31)29(33)21-32(20-23(3)4)41(35,36)27-15-11-25(30)12-16-27/h9-16,23,28-29,33H,5-8,17-22,30-31H2,1-4H3/t28-,29+/m0/s1. The highest BCUT2D eigenvalue weighted by Crippen LogP contribution is 2.48. The third-order valence-corrected chi connectivity index (χ3v) is 9.77. The summed E-state index contributed by atoms with van der Waals surface area (Å²) in [6.07, 6.45) is 2.43. The maximum absolute atomic E-state index is 13.3. The fourth-order valence-corrected chi connectivity index (χ4v) is 6.87. The first-order chi connectivity index (χ1) is 19.4. The lowest BCUT2D eigenvalue weighted by molar-refractivity contribution is 0.116. The molecule has 0 aliphatic rings. The molecular formula is C29H48N3O7PS. The van der Waals surface area contributed by atoms with E-state index >= 15 is 0 Å². The molecule has 5 N–H and O–H groups in total. The maximum atomic E-state index is 13.3. The van der Waals surface area contributed by atoms with E-state index in [1.807, 2.05) is 27.7 Å². The number of unbranched alkanes of at least 4 members (excludes halogenated alkanes) is 2. The van der Waals surface area contributed by atoms with E-state index < -0.39 is 29.8 Å². The lowest BCUT2D eigenvalue weighted by atomic mass is 10.0. The molecule has 0 saturated heterocycles. The average Bonchev–Trinajstić information content (AvgIpc) is 2.92. The van der Waals surface area contributed by atoms with Crippen molar-refractivity contribution < 1.29 is 31.9 Å². The van der Waals surface area contributed by atoms with Gasteiger partial charge in [0.1, 0.15) is 5.75 Å². The summed E-state index contributed by atoms with van der Waals surface area (Å²) < 4.78 is 57.8. The second-order valence-electron chi connectivity index (χ2n) is 10.6. The highest BCUT2D eigenvalue weighted by atomic mass is 32.2. The Kier molecular flexibility index (Phi) is 14.8. The molecule has 0 heterocycles. The minimum Gasteiger partial charge on any atom is -0.481 e. The van der Waals surface area contributed by atoms with Gasteiger partial charge in [0.2, 0.25) is 10.0 Å². The number of rotatable bonds is 20. The van der Waals surface area contributed by atoms with E-state index in [4.69, 9.17) is 25.3 Å². The topological polar surface area (TPSA) is 154 Å². The zero-order valence-corrected chi connectivity index (χ0v) is 26.5. The largest absolute Gasteiger partial charge is 0.481 e. The smallest absolute Gasteiger partial charge is 0.367 e. The van der Waals surface area contributed by atoms with Gasteiger partial charge < -0.3 is 30.4 Å². The normalized spacial score (nSPS) is 14.0. The molecular weight excluding hydrogens is 565 g/mol. The van der Waals surface area contributed by atoms with Crippen LogP contribution in [0.4, 0.5) is 5.69 Å². The summed E-state index contributed by atoms with van der Waals surface area (Å²) in [5.41, 5.74) is 13.3. The average molecular weight is 614 g/mol. The fourth-order valence-electron chi connectivity index (χ4n) is 3.90. The quantitative estimate of drug-likeness (QED) is 0.106. The molecule has 0 bridgehead atoms. The van der Waals surface area contributed by atoms with E-state index in [1.54, 1.807) is 24.3 Å². The van der Waals surface area contributed by atoms with Gasteiger partial charge in [-0.25, -0.2) is 8.42 Å². The molecule has 2 rings (SSSR count). The van der Waals surface area contributed by atoms with Gasteiger partial charge in [-0.3, -0.25) is 4.57 Å². The summed E-state index contributed by atoms with van der Waals surface area (Å²) in [6, 6.07) is 12.3. The van der Waals surface area contributed by atoms with Crippen molar-refractivity contribution in [3.8, 4) is 5.75 Å². The molecule has 0 saturated carbocycles. The van der Waals surface area contributed by atoms with Crippen LogP contribution in [0.5, 0.6) is 5.75 Å². The zero-order valence-electron chi connectivity index (χ0n) is 24.8. The zero-order chi connectivity index (χ0) is 30.5. The molecule has 0 aliphatic carbocycles. The van der Waals surface area contributed by atoms with E-state index in [-0.39, 0.29) is 30.3 Å². The summed E-state index contributed by atoms with van der Waals surface area (Å²) >= 11 is 0. The number of ether oxygens (including phenoxy) is 1.